The molecule has 0 spiro atoms. The van der Waals surface area contributed by atoms with Crippen LogP contribution < -0.4 is 5.32 Å². The summed E-state index contributed by atoms with van der Waals surface area (Å²) in [5.41, 5.74) is 4.98. The van der Waals surface area contributed by atoms with Crippen LogP contribution in [0.25, 0.3) is 0 Å². The van der Waals surface area contributed by atoms with Crippen molar-refractivity contribution in [3.05, 3.63) is 47.3 Å². The molecule has 2 aromatic rings. The maximum absolute atomic E-state index is 3.91. The van der Waals surface area contributed by atoms with Crippen LogP contribution >= 0.6 is 0 Å². The van der Waals surface area contributed by atoms with Crippen molar-refractivity contribution in [2.45, 2.75) is 26.8 Å². The second-order valence-corrected chi connectivity index (χ2v) is 4.20. The van der Waals surface area contributed by atoms with E-state index in [9.17, 15) is 0 Å². The van der Waals surface area contributed by atoms with E-state index in [1.54, 1.807) is 6.20 Å². The second kappa shape index (κ2) is 4.39. The second-order valence-electron chi connectivity index (χ2n) is 4.20. The Hall–Kier alpha value is -1.77. The normalized spacial score (nSPS) is 12.4. The standard InChI is InChI=1S/C13H17N3/c1-9-4-5-12(6-10(9)2)11(3)16-13-7-14-15-8-13/h4-8,11,16H,1-3H3,(H,14,15). The molecule has 0 amide bonds. The molecule has 84 valence electrons. The first kappa shape index (κ1) is 10.7. The van der Waals surface area contributed by atoms with Gasteiger partial charge in [0.25, 0.3) is 0 Å². The molecule has 1 heterocycles. The number of nitrogens with zero attached hydrogens (tertiary/aromatic N) is 1. The third-order valence-corrected chi connectivity index (χ3v) is 2.91. The average Bonchev–Trinajstić information content (AvgIpc) is 2.74. The monoisotopic (exact) mass is 215 g/mol. The molecule has 2 N–H and O–H groups in total. The lowest BCUT2D eigenvalue weighted by molar-refractivity contribution is 0.882. The van der Waals surface area contributed by atoms with Gasteiger partial charge in [-0.2, -0.15) is 5.10 Å². The molecule has 0 aliphatic heterocycles. The van der Waals surface area contributed by atoms with Crippen LogP contribution in [0.1, 0.15) is 29.7 Å². The van der Waals surface area contributed by atoms with E-state index in [4.69, 9.17) is 0 Å². The topological polar surface area (TPSA) is 40.7 Å². The minimum atomic E-state index is 0.289. The van der Waals surface area contributed by atoms with E-state index in [1.165, 1.54) is 16.7 Å². The highest BCUT2D eigenvalue weighted by atomic mass is 15.1. The lowest BCUT2D eigenvalue weighted by Gasteiger charge is -2.15. The van der Waals surface area contributed by atoms with E-state index >= 15 is 0 Å². The molecule has 3 heteroatoms. The predicted octanol–water partition coefficient (Wildman–Crippen LogP) is 3.20. The summed E-state index contributed by atoms with van der Waals surface area (Å²) in [6, 6.07) is 6.85. The molecule has 0 aliphatic carbocycles. The summed E-state index contributed by atoms with van der Waals surface area (Å²) in [6.07, 6.45) is 3.65. The van der Waals surface area contributed by atoms with E-state index in [1.807, 2.05) is 6.20 Å². The molecule has 1 aromatic heterocycles. The molecule has 1 atom stereocenters. The van der Waals surface area contributed by atoms with Gasteiger partial charge in [0.15, 0.2) is 0 Å². The van der Waals surface area contributed by atoms with Gasteiger partial charge in [-0.1, -0.05) is 18.2 Å². The Morgan fingerprint density at radius 3 is 2.69 bits per heavy atom. The number of aryl methyl sites for hydroxylation is 2. The SMILES string of the molecule is Cc1ccc(C(C)Nc2cn[nH]c2)cc1C. The third kappa shape index (κ3) is 2.24. The van der Waals surface area contributed by atoms with Gasteiger partial charge in [0.1, 0.15) is 0 Å². The highest BCUT2D eigenvalue weighted by Crippen LogP contribution is 2.20. The van der Waals surface area contributed by atoms with Crippen LogP contribution in [0.15, 0.2) is 30.6 Å². The molecule has 3 nitrogen and oxygen atoms in total. The minimum Gasteiger partial charge on any atom is -0.376 e. The van der Waals surface area contributed by atoms with Crippen molar-refractivity contribution in [1.29, 1.82) is 0 Å². The van der Waals surface area contributed by atoms with E-state index in [0.29, 0.717) is 0 Å². The van der Waals surface area contributed by atoms with Gasteiger partial charge in [-0.3, -0.25) is 5.10 Å². The number of aromatic nitrogens is 2. The maximum Gasteiger partial charge on any atom is 0.0728 e. The molecule has 0 saturated heterocycles. The number of aromatic amines is 1. The number of hydrogen-bond donors (Lipinski definition) is 2. The van der Waals surface area contributed by atoms with Crippen LogP contribution in [0.4, 0.5) is 5.69 Å². The number of rotatable bonds is 3. The first-order chi connectivity index (χ1) is 7.66. The third-order valence-electron chi connectivity index (χ3n) is 2.91. The largest absolute Gasteiger partial charge is 0.376 e. The molecule has 1 unspecified atom stereocenters. The number of benzene rings is 1. The summed E-state index contributed by atoms with van der Waals surface area (Å²) >= 11 is 0. The summed E-state index contributed by atoms with van der Waals surface area (Å²) in [5, 5.41) is 10.1. The van der Waals surface area contributed by atoms with E-state index in [-0.39, 0.29) is 6.04 Å². The van der Waals surface area contributed by atoms with E-state index in [0.717, 1.165) is 5.69 Å². The van der Waals surface area contributed by atoms with Gasteiger partial charge >= 0.3 is 0 Å². The Kier molecular flexibility index (Phi) is 2.95. The molecule has 2 rings (SSSR count). The number of nitrogens with one attached hydrogen (secondary N) is 2. The van der Waals surface area contributed by atoms with Crippen LogP contribution in [-0.2, 0) is 0 Å². The Labute approximate surface area is 95.9 Å². The van der Waals surface area contributed by atoms with Crippen molar-refractivity contribution in [1.82, 2.24) is 10.2 Å². The highest BCUT2D eigenvalue weighted by molar-refractivity contribution is 5.42. The molecule has 0 radical (unpaired) electrons. The molecule has 0 bridgehead atoms. The van der Waals surface area contributed by atoms with Crippen molar-refractivity contribution in [3.8, 4) is 0 Å². The van der Waals surface area contributed by atoms with Gasteiger partial charge in [-0.15, -0.1) is 0 Å². The molecule has 0 fully saturated rings. The molecule has 1 aromatic carbocycles. The Bertz CT molecular complexity index is 460. The zero-order chi connectivity index (χ0) is 11.5. The van der Waals surface area contributed by atoms with Gasteiger partial charge in [-0.25, -0.2) is 0 Å². The molecule has 0 saturated carbocycles. The smallest absolute Gasteiger partial charge is 0.0728 e. The average molecular weight is 215 g/mol. The molecular weight excluding hydrogens is 198 g/mol. The van der Waals surface area contributed by atoms with Crippen LogP contribution in [0.5, 0.6) is 0 Å². The Balaban J connectivity index is 2.14. The lowest BCUT2D eigenvalue weighted by Crippen LogP contribution is -2.06. The molecule has 16 heavy (non-hydrogen) atoms. The zero-order valence-corrected chi connectivity index (χ0v) is 9.91. The van der Waals surface area contributed by atoms with Crippen molar-refractivity contribution in [3.63, 3.8) is 0 Å². The Morgan fingerprint density at radius 1 is 1.25 bits per heavy atom. The fourth-order valence-corrected chi connectivity index (χ4v) is 1.70. The minimum absolute atomic E-state index is 0.289. The van der Waals surface area contributed by atoms with Crippen molar-refractivity contribution in [2.75, 3.05) is 5.32 Å². The highest BCUT2D eigenvalue weighted by Gasteiger charge is 2.06. The number of hydrogen-bond acceptors (Lipinski definition) is 2. The van der Waals surface area contributed by atoms with Crippen LogP contribution in [0, 0.1) is 13.8 Å². The lowest BCUT2D eigenvalue weighted by atomic mass is 10.0. The van der Waals surface area contributed by atoms with E-state index < -0.39 is 0 Å². The predicted molar refractivity (Wildman–Crippen MR) is 66.5 cm³/mol. The molecular formula is C13H17N3. The zero-order valence-electron chi connectivity index (χ0n) is 9.91. The Morgan fingerprint density at radius 2 is 2.06 bits per heavy atom. The summed E-state index contributed by atoms with van der Waals surface area (Å²) in [4.78, 5) is 0. The first-order valence-corrected chi connectivity index (χ1v) is 5.49. The van der Waals surface area contributed by atoms with Crippen LogP contribution in [0.2, 0.25) is 0 Å². The number of H-pyrrole nitrogens is 1. The maximum atomic E-state index is 3.91. The summed E-state index contributed by atoms with van der Waals surface area (Å²) in [5.74, 6) is 0. The fraction of sp³-hybridized carbons (Fsp3) is 0.308. The quantitative estimate of drug-likeness (QED) is 0.825. The van der Waals surface area contributed by atoms with E-state index in [2.05, 4.69) is 54.5 Å². The van der Waals surface area contributed by atoms with Crippen molar-refractivity contribution in [2.24, 2.45) is 0 Å². The van der Waals surface area contributed by atoms with Crippen LogP contribution in [0.3, 0.4) is 0 Å². The first-order valence-electron chi connectivity index (χ1n) is 5.49. The van der Waals surface area contributed by atoms with Gasteiger partial charge in [0.05, 0.1) is 11.9 Å². The summed E-state index contributed by atoms with van der Waals surface area (Å²) in [7, 11) is 0. The summed E-state index contributed by atoms with van der Waals surface area (Å²) in [6.45, 7) is 6.42. The van der Waals surface area contributed by atoms with Crippen LogP contribution in [-0.4, -0.2) is 10.2 Å². The number of anilines is 1. The van der Waals surface area contributed by atoms with Gasteiger partial charge in [-0.05, 0) is 37.5 Å². The van der Waals surface area contributed by atoms with Gasteiger partial charge in [0, 0.05) is 12.2 Å². The fourth-order valence-electron chi connectivity index (χ4n) is 1.70. The van der Waals surface area contributed by atoms with Gasteiger partial charge < -0.3 is 5.32 Å². The van der Waals surface area contributed by atoms with Crippen molar-refractivity contribution >= 4 is 5.69 Å². The summed E-state index contributed by atoms with van der Waals surface area (Å²) < 4.78 is 0. The van der Waals surface area contributed by atoms with Gasteiger partial charge in [0.2, 0.25) is 0 Å². The van der Waals surface area contributed by atoms with Crippen molar-refractivity contribution < 1.29 is 0 Å². The molecule has 0 aliphatic rings.